The van der Waals surface area contributed by atoms with Crippen LogP contribution < -0.4 is 0 Å². The smallest absolute Gasteiger partial charge is 0.313 e. The van der Waals surface area contributed by atoms with Gasteiger partial charge in [0.15, 0.2) is 17.5 Å². The second kappa shape index (κ2) is 13.4. The molecule has 1 nitrogen and oxygen atoms in total. The monoisotopic (exact) mass is 596 g/mol. The molecule has 4 aromatic rings. The summed E-state index contributed by atoms with van der Waals surface area (Å²) >= 11 is 0. The summed E-state index contributed by atoms with van der Waals surface area (Å²) < 4.78 is 90.8. The van der Waals surface area contributed by atoms with Crippen LogP contribution in [-0.4, -0.2) is 6.10 Å². The molecule has 1 fully saturated rings. The summed E-state index contributed by atoms with van der Waals surface area (Å²) in [4.78, 5) is 0. The van der Waals surface area contributed by atoms with Crippen molar-refractivity contribution in [1.29, 1.82) is 0 Å². The van der Waals surface area contributed by atoms with E-state index < -0.39 is 35.5 Å². The molecular weight excluding hydrogens is 562 g/mol. The zero-order chi connectivity index (χ0) is 30.6. The summed E-state index contributed by atoms with van der Waals surface area (Å²) in [6, 6.07) is 19.7. The van der Waals surface area contributed by atoms with Gasteiger partial charge in [-0.25, -0.2) is 17.6 Å². The SMILES string of the molecule is CCCCCc1ccc(C(F)(F)OC2CCC(c3ccc(-c4ccc(-c5cc(F)c(F)c(F)c5)cc4)c(F)c3)CC2)cc1. The predicted molar refractivity (Wildman–Crippen MR) is 157 cm³/mol. The van der Waals surface area contributed by atoms with Crippen molar-refractivity contribution in [1.82, 2.24) is 0 Å². The molecule has 0 spiro atoms. The van der Waals surface area contributed by atoms with E-state index in [9.17, 15) is 22.0 Å². The van der Waals surface area contributed by atoms with Gasteiger partial charge in [0.25, 0.3) is 0 Å². The lowest BCUT2D eigenvalue weighted by molar-refractivity contribution is -0.277. The van der Waals surface area contributed by atoms with Gasteiger partial charge in [-0.15, -0.1) is 0 Å². The number of halogens is 6. The maximum absolute atomic E-state index is 15.2. The Kier molecular flexibility index (Phi) is 9.60. The fraction of sp³-hybridized carbons (Fsp3) is 0.333. The molecule has 0 saturated heterocycles. The normalized spacial score (nSPS) is 17.3. The Labute approximate surface area is 248 Å². The summed E-state index contributed by atoms with van der Waals surface area (Å²) in [5.41, 5.74) is 3.27. The largest absolute Gasteiger partial charge is 0.383 e. The van der Waals surface area contributed by atoms with Gasteiger partial charge >= 0.3 is 6.11 Å². The minimum atomic E-state index is -3.37. The summed E-state index contributed by atoms with van der Waals surface area (Å²) in [5.74, 6) is -4.48. The maximum atomic E-state index is 15.2. The quantitative estimate of drug-likeness (QED) is 0.101. The van der Waals surface area contributed by atoms with Gasteiger partial charge in [0.05, 0.1) is 11.7 Å². The van der Waals surface area contributed by atoms with Crippen molar-refractivity contribution in [3.63, 3.8) is 0 Å². The third-order valence-corrected chi connectivity index (χ3v) is 8.33. The van der Waals surface area contributed by atoms with Gasteiger partial charge in [0.1, 0.15) is 5.82 Å². The van der Waals surface area contributed by atoms with E-state index in [0.717, 1.165) is 48.9 Å². The van der Waals surface area contributed by atoms with E-state index in [2.05, 4.69) is 6.92 Å². The van der Waals surface area contributed by atoms with E-state index >= 15 is 4.39 Å². The molecule has 226 valence electrons. The van der Waals surface area contributed by atoms with Gasteiger partial charge in [-0.3, -0.25) is 0 Å². The van der Waals surface area contributed by atoms with Crippen molar-refractivity contribution in [2.75, 3.05) is 0 Å². The summed E-state index contributed by atoms with van der Waals surface area (Å²) in [6.45, 7) is 2.13. The molecule has 1 aliphatic rings. The van der Waals surface area contributed by atoms with Gasteiger partial charge in [-0.1, -0.05) is 80.4 Å². The zero-order valence-corrected chi connectivity index (χ0v) is 24.0. The molecule has 0 radical (unpaired) electrons. The van der Waals surface area contributed by atoms with E-state index in [4.69, 9.17) is 4.74 Å². The topological polar surface area (TPSA) is 9.23 Å². The fourth-order valence-corrected chi connectivity index (χ4v) is 5.82. The molecule has 0 heterocycles. The van der Waals surface area contributed by atoms with Gasteiger partial charge in [-0.05, 0) is 90.5 Å². The standard InChI is InChI=1S/C36H34F6O/c1-2-3-4-5-23-6-15-29(16-7-23)36(41,42)43-30-17-12-24(13-18-30)27-14-19-31(32(37)20-27)26-10-8-25(9-11-26)28-21-33(38)35(40)34(39)22-28/h6-11,14-16,19-22,24,30H,2-5,12-13,17-18H2,1H3. The van der Waals surface area contributed by atoms with Crippen LogP contribution in [-0.2, 0) is 17.3 Å². The summed E-state index contributed by atoms with van der Waals surface area (Å²) in [5, 5.41) is 0. The van der Waals surface area contributed by atoms with E-state index in [-0.39, 0.29) is 17.0 Å². The van der Waals surface area contributed by atoms with Crippen LogP contribution in [0.4, 0.5) is 26.3 Å². The Bertz CT molecular complexity index is 1500. The van der Waals surface area contributed by atoms with Gasteiger partial charge in [0, 0.05) is 5.56 Å². The highest BCUT2D eigenvalue weighted by atomic mass is 19.3. The Morgan fingerprint density at radius 2 is 1.30 bits per heavy atom. The lowest BCUT2D eigenvalue weighted by Gasteiger charge is -2.31. The number of alkyl halides is 2. The molecule has 1 aliphatic carbocycles. The van der Waals surface area contributed by atoms with E-state index in [1.807, 2.05) is 6.07 Å². The minimum absolute atomic E-state index is 0.0325. The van der Waals surface area contributed by atoms with Gasteiger partial charge in [0.2, 0.25) is 0 Å². The number of hydrogen-bond donors (Lipinski definition) is 0. The van der Waals surface area contributed by atoms with Crippen LogP contribution in [0.1, 0.15) is 74.5 Å². The molecule has 7 heteroatoms. The van der Waals surface area contributed by atoms with Crippen LogP contribution in [0.3, 0.4) is 0 Å². The molecule has 0 N–H and O–H groups in total. The number of rotatable bonds is 10. The molecule has 0 atom stereocenters. The summed E-state index contributed by atoms with van der Waals surface area (Å²) in [6.07, 6.45) is 2.29. The number of hydrogen-bond acceptors (Lipinski definition) is 1. The number of benzene rings is 4. The molecule has 1 saturated carbocycles. The van der Waals surface area contributed by atoms with Crippen LogP contribution in [0, 0.1) is 23.3 Å². The Morgan fingerprint density at radius 1 is 0.674 bits per heavy atom. The van der Waals surface area contributed by atoms with Crippen LogP contribution in [0.25, 0.3) is 22.3 Å². The van der Waals surface area contributed by atoms with Gasteiger partial charge < -0.3 is 4.74 Å². The first-order valence-corrected chi connectivity index (χ1v) is 14.8. The average molecular weight is 597 g/mol. The molecule has 0 aromatic heterocycles. The highest BCUT2D eigenvalue weighted by Gasteiger charge is 2.37. The molecule has 0 bridgehead atoms. The van der Waals surface area contributed by atoms with Crippen molar-refractivity contribution in [3.8, 4) is 22.3 Å². The molecule has 0 aliphatic heterocycles. The second-order valence-electron chi connectivity index (χ2n) is 11.3. The van der Waals surface area contributed by atoms with Crippen molar-refractivity contribution < 1.29 is 31.1 Å². The number of ether oxygens (including phenoxy) is 1. The average Bonchev–Trinajstić information content (AvgIpc) is 3.00. The molecule has 0 unspecified atom stereocenters. The Balaban J connectivity index is 1.18. The van der Waals surface area contributed by atoms with Gasteiger partial charge in [-0.2, -0.15) is 8.78 Å². The molecule has 4 aromatic carbocycles. The van der Waals surface area contributed by atoms with E-state index in [1.54, 1.807) is 42.5 Å². The summed E-state index contributed by atoms with van der Waals surface area (Å²) in [7, 11) is 0. The maximum Gasteiger partial charge on any atom is 0.383 e. The third kappa shape index (κ3) is 7.32. The molecule has 43 heavy (non-hydrogen) atoms. The third-order valence-electron chi connectivity index (χ3n) is 8.33. The molecule has 0 amide bonds. The van der Waals surface area contributed by atoms with Crippen LogP contribution in [0.15, 0.2) is 78.9 Å². The van der Waals surface area contributed by atoms with E-state index in [0.29, 0.717) is 42.4 Å². The zero-order valence-electron chi connectivity index (χ0n) is 24.0. The number of unbranched alkanes of at least 4 members (excludes halogenated alkanes) is 2. The highest BCUT2D eigenvalue weighted by Crippen LogP contribution is 2.40. The first kappa shape index (κ1) is 30.9. The van der Waals surface area contributed by atoms with Crippen molar-refractivity contribution in [3.05, 3.63) is 119 Å². The highest BCUT2D eigenvalue weighted by molar-refractivity contribution is 5.71. The van der Waals surface area contributed by atoms with Crippen molar-refractivity contribution in [2.45, 2.75) is 76.4 Å². The second-order valence-corrected chi connectivity index (χ2v) is 11.3. The van der Waals surface area contributed by atoms with Crippen LogP contribution in [0.5, 0.6) is 0 Å². The van der Waals surface area contributed by atoms with Crippen LogP contribution >= 0.6 is 0 Å². The first-order valence-electron chi connectivity index (χ1n) is 14.8. The minimum Gasteiger partial charge on any atom is -0.313 e. The van der Waals surface area contributed by atoms with Crippen LogP contribution in [0.2, 0.25) is 0 Å². The first-order chi connectivity index (χ1) is 20.6. The predicted octanol–water partition coefficient (Wildman–Crippen LogP) is 11.1. The Hall–Kier alpha value is -3.58. The van der Waals surface area contributed by atoms with Crippen molar-refractivity contribution >= 4 is 0 Å². The number of aryl methyl sites for hydroxylation is 1. The Morgan fingerprint density at radius 3 is 1.91 bits per heavy atom. The molecular formula is C36H34F6O. The van der Waals surface area contributed by atoms with E-state index in [1.165, 1.54) is 18.2 Å². The lowest BCUT2D eigenvalue weighted by atomic mass is 9.82. The lowest BCUT2D eigenvalue weighted by Crippen LogP contribution is -2.29. The molecule has 5 rings (SSSR count). The fourth-order valence-electron chi connectivity index (χ4n) is 5.82. The van der Waals surface area contributed by atoms with Crippen molar-refractivity contribution in [2.24, 2.45) is 0 Å².